The fraction of sp³-hybridized carbons (Fsp3) is 0.633. The van der Waals surface area contributed by atoms with Crippen molar-refractivity contribution in [2.24, 2.45) is 0 Å². The maximum atomic E-state index is 13.4. The largest absolute Gasteiger partial charge is 0.379 e. The molecule has 1 aromatic heterocycles. The summed E-state index contributed by atoms with van der Waals surface area (Å²) in [6.45, 7) is 4.85. The van der Waals surface area contributed by atoms with Crippen molar-refractivity contribution in [1.29, 1.82) is 0 Å². The zero-order chi connectivity index (χ0) is 26.3. The van der Waals surface area contributed by atoms with Gasteiger partial charge in [0.1, 0.15) is 12.0 Å². The Morgan fingerprint density at radius 2 is 1.92 bits per heavy atom. The third-order valence-corrected chi connectivity index (χ3v) is 8.45. The number of nitrogens with one attached hydrogen (secondary N) is 1. The first-order valence-electron chi connectivity index (χ1n) is 14.3. The number of amides is 1. The highest BCUT2D eigenvalue weighted by Gasteiger charge is 2.31. The smallest absolute Gasteiger partial charge is 0.272 e. The van der Waals surface area contributed by atoms with Gasteiger partial charge < -0.3 is 24.4 Å². The second kappa shape index (κ2) is 13.1. The lowest BCUT2D eigenvalue weighted by molar-refractivity contribution is -0.0547. The molecule has 3 aliphatic rings. The Labute approximate surface area is 226 Å². The first-order valence-corrected chi connectivity index (χ1v) is 14.3. The van der Waals surface area contributed by atoms with Crippen molar-refractivity contribution >= 4 is 5.91 Å². The van der Waals surface area contributed by atoms with E-state index in [4.69, 9.17) is 14.2 Å². The molecule has 0 aliphatic carbocycles. The standard InChI is InChI=1S/C30H42N4O4/c1-21-25(12-11-24-9-6-10-27(38-24)22-7-4-3-5-8-22)31-20-32-29(21)30(35)34-16-13-23(14-17-34)33-26-15-18-37-19-28(26)36-2/h3-5,7-8,20,23-24,26-28,33H,6,9-19H2,1-2H3/t24-,26+,27+,28-/m1/s1. The molecule has 3 fully saturated rings. The van der Waals surface area contributed by atoms with Crippen LogP contribution in [0, 0.1) is 6.92 Å². The van der Waals surface area contributed by atoms with E-state index in [1.165, 1.54) is 12.0 Å². The van der Waals surface area contributed by atoms with Gasteiger partial charge in [-0.3, -0.25) is 4.79 Å². The van der Waals surface area contributed by atoms with Gasteiger partial charge >= 0.3 is 0 Å². The maximum absolute atomic E-state index is 13.4. The first-order chi connectivity index (χ1) is 18.6. The van der Waals surface area contributed by atoms with E-state index in [0.717, 1.165) is 75.9 Å². The predicted molar refractivity (Wildman–Crippen MR) is 145 cm³/mol. The van der Waals surface area contributed by atoms with Gasteiger partial charge in [-0.1, -0.05) is 30.3 Å². The number of ether oxygens (including phenoxy) is 3. The Kier molecular flexibility index (Phi) is 9.38. The fourth-order valence-corrected chi connectivity index (χ4v) is 6.11. The summed E-state index contributed by atoms with van der Waals surface area (Å²) in [7, 11) is 1.75. The molecular weight excluding hydrogens is 480 g/mol. The zero-order valence-electron chi connectivity index (χ0n) is 22.8. The molecule has 0 bridgehead atoms. The lowest BCUT2D eigenvalue weighted by Gasteiger charge is -2.38. The number of piperidine rings is 1. The van der Waals surface area contributed by atoms with E-state index in [-0.39, 0.29) is 24.2 Å². The number of aromatic nitrogens is 2. The van der Waals surface area contributed by atoms with Crippen molar-refractivity contribution in [1.82, 2.24) is 20.2 Å². The Morgan fingerprint density at radius 3 is 2.71 bits per heavy atom. The van der Waals surface area contributed by atoms with E-state index in [2.05, 4.69) is 39.6 Å². The zero-order valence-corrected chi connectivity index (χ0v) is 22.8. The maximum Gasteiger partial charge on any atom is 0.272 e. The van der Waals surface area contributed by atoms with Crippen molar-refractivity contribution in [2.75, 3.05) is 33.4 Å². The molecule has 1 N–H and O–H groups in total. The van der Waals surface area contributed by atoms with Gasteiger partial charge in [-0.2, -0.15) is 0 Å². The van der Waals surface area contributed by atoms with Crippen LogP contribution in [-0.4, -0.2) is 78.5 Å². The molecule has 0 unspecified atom stereocenters. The number of benzene rings is 1. The van der Waals surface area contributed by atoms with Gasteiger partial charge in [0.05, 0.1) is 24.9 Å². The van der Waals surface area contributed by atoms with Gasteiger partial charge in [0, 0.05) is 50.1 Å². The Balaban J connectivity index is 1.13. The predicted octanol–water partition coefficient (Wildman–Crippen LogP) is 4.03. The van der Waals surface area contributed by atoms with Crippen molar-refractivity contribution in [3.05, 3.63) is 59.2 Å². The molecule has 38 heavy (non-hydrogen) atoms. The molecule has 4 heterocycles. The van der Waals surface area contributed by atoms with E-state index >= 15 is 0 Å². The van der Waals surface area contributed by atoms with E-state index in [0.29, 0.717) is 24.4 Å². The van der Waals surface area contributed by atoms with Gasteiger partial charge in [-0.05, 0) is 63.9 Å². The quantitative estimate of drug-likeness (QED) is 0.560. The second-order valence-corrected chi connectivity index (χ2v) is 10.9. The molecule has 4 atom stereocenters. The minimum absolute atomic E-state index is 0.0171. The van der Waals surface area contributed by atoms with Crippen LogP contribution in [0.2, 0.25) is 0 Å². The molecule has 1 aromatic carbocycles. The number of rotatable bonds is 8. The number of hydrogen-bond acceptors (Lipinski definition) is 7. The number of nitrogens with zero attached hydrogens (tertiary/aromatic N) is 3. The summed E-state index contributed by atoms with van der Waals surface area (Å²) >= 11 is 0. The lowest BCUT2D eigenvalue weighted by atomic mass is 9.95. The summed E-state index contributed by atoms with van der Waals surface area (Å²) in [6, 6.07) is 11.2. The van der Waals surface area contributed by atoms with Gasteiger partial charge in [-0.25, -0.2) is 9.97 Å². The molecule has 1 amide bonds. The van der Waals surface area contributed by atoms with Gasteiger partial charge in [0.2, 0.25) is 0 Å². The van der Waals surface area contributed by atoms with Crippen LogP contribution in [-0.2, 0) is 20.6 Å². The van der Waals surface area contributed by atoms with Crippen LogP contribution < -0.4 is 5.32 Å². The van der Waals surface area contributed by atoms with Crippen LogP contribution in [0.15, 0.2) is 36.7 Å². The first kappa shape index (κ1) is 27.2. The number of hydrogen-bond donors (Lipinski definition) is 1. The molecule has 3 aliphatic heterocycles. The monoisotopic (exact) mass is 522 g/mol. The normalized spacial score (nSPS) is 26.8. The van der Waals surface area contributed by atoms with Crippen LogP contribution in [0.1, 0.15) is 78.4 Å². The molecule has 8 nitrogen and oxygen atoms in total. The molecule has 5 rings (SSSR count). The fourth-order valence-electron chi connectivity index (χ4n) is 6.11. The van der Waals surface area contributed by atoms with Crippen LogP contribution in [0.5, 0.6) is 0 Å². The van der Waals surface area contributed by atoms with Crippen molar-refractivity contribution in [3.63, 3.8) is 0 Å². The third kappa shape index (κ3) is 6.60. The topological polar surface area (TPSA) is 85.8 Å². The van der Waals surface area contributed by atoms with Crippen LogP contribution in [0.25, 0.3) is 0 Å². The minimum atomic E-state index is 0.0171. The Morgan fingerprint density at radius 1 is 1.11 bits per heavy atom. The summed E-state index contributed by atoms with van der Waals surface area (Å²) in [5, 5.41) is 3.76. The summed E-state index contributed by atoms with van der Waals surface area (Å²) in [6.07, 6.45) is 9.84. The van der Waals surface area contributed by atoms with Crippen molar-refractivity contribution in [2.45, 2.75) is 88.7 Å². The molecule has 2 aromatic rings. The number of carbonyl (C=O) groups excluding carboxylic acids is 1. The highest BCUT2D eigenvalue weighted by Crippen LogP contribution is 2.33. The SMILES string of the molecule is CO[C@@H]1COCC[C@@H]1NC1CCN(C(=O)c2ncnc(CC[C@H]3CCC[C@@H](c4ccccc4)O3)c2C)CC1. The van der Waals surface area contributed by atoms with Gasteiger partial charge in [-0.15, -0.1) is 0 Å². The van der Waals surface area contributed by atoms with E-state index in [1.807, 2.05) is 17.9 Å². The molecule has 3 saturated heterocycles. The summed E-state index contributed by atoms with van der Waals surface area (Å²) in [4.78, 5) is 24.3. The summed E-state index contributed by atoms with van der Waals surface area (Å²) in [5.41, 5.74) is 3.65. The highest BCUT2D eigenvalue weighted by molar-refractivity contribution is 5.93. The number of likely N-dealkylation sites (tertiary alicyclic amines) is 1. The summed E-state index contributed by atoms with van der Waals surface area (Å²) < 4.78 is 17.6. The van der Waals surface area contributed by atoms with Crippen LogP contribution in [0.4, 0.5) is 0 Å². The molecule has 0 radical (unpaired) electrons. The van der Waals surface area contributed by atoms with Gasteiger partial charge in [0.15, 0.2) is 0 Å². The molecule has 0 saturated carbocycles. The number of methoxy groups -OCH3 is 1. The number of carbonyl (C=O) groups is 1. The lowest BCUT2D eigenvalue weighted by Crippen LogP contribution is -2.54. The Hall–Kier alpha value is -2.39. The molecule has 206 valence electrons. The van der Waals surface area contributed by atoms with E-state index in [9.17, 15) is 4.79 Å². The second-order valence-electron chi connectivity index (χ2n) is 10.9. The molecular formula is C30H42N4O4. The Bertz CT molecular complexity index is 1040. The van der Waals surface area contributed by atoms with Crippen LogP contribution in [0.3, 0.4) is 0 Å². The number of aryl methyl sites for hydroxylation is 1. The van der Waals surface area contributed by atoms with E-state index in [1.54, 1.807) is 13.4 Å². The van der Waals surface area contributed by atoms with Gasteiger partial charge in [0.25, 0.3) is 5.91 Å². The minimum Gasteiger partial charge on any atom is -0.379 e. The highest BCUT2D eigenvalue weighted by atomic mass is 16.5. The summed E-state index contributed by atoms with van der Waals surface area (Å²) in [5.74, 6) is 0.0171. The average molecular weight is 523 g/mol. The van der Waals surface area contributed by atoms with Crippen molar-refractivity contribution in [3.8, 4) is 0 Å². The van der Waals surface area contributed by atoms with Crippen LogP contribution >= 0.6 is 0 Å². The molecule has 0 spiro atoms. The van der Waals surface area contributed by atoms with E-state index < -0.39 is 0 Å². The van der Waals surface area contributed by atoms with Crippen molar-refractivity contribution < 1.29 is 19.0 Å². The third-order valence-electron chi connectivity index (χ3n) is 8.45. The molecule has 8 heteroatoms. The average Bonchev–Trinajstić information content (AvgIpc) is 2.97.